The lowest BCUT2D eigenvalue weighted by Gasteiger charge is -2.10. The standard InChI is InChI=1S/C14H13IN4O2/c1-9-3-4-11(15)12(5-9)21-13-6-10(7-20-2)18-14-16-8-17-19(13)14/h3-6,8H,7H2,1-2H3. The van der Waals surface area contributed by atoms with Crippen molar-refractivity contribution in [2.75, 3.05) is 7.11 Å². The first kappa shape index (κ1) is 14.2. The molecule has 0 aliphatic rings. The van der Waals surface area contributed by atoms with E-state index in [0.717, 1.165) is 20.6 Å². The van der Waals surface area contributed by atoms with Crippen molar-refractivity contribution in [2.24, 2.45) is 0 Å². The molecule has 0 unspecified atom stereocenters. The number of nitrogens with zero attached hydrogens (tertiary/aromatic N) is 4. The van der Waals surface area contributed by atoms with Gasteiger partial charge in [-0.05, 0) is 47.2 Å². The Balaban J connectivity index is 2.06. The zero-order valence-corrected chi connectivity index (χ0v) is 13.7. The molecule has 0 saturated carbocycles. The van der Waals surface area contributed by atoms with Crippen LogP contribution in [0.1, 0.15) is 11.3 Å². The second kappa shape index (κ2) is 5.94. The number of aromatic nitrogens is 4. The summed E-state index contributed by atoms with van der Waals surface area (Å²) in [5.41, 5.74) is 1.88. The maximum atomic E-state index is 6.01. The molecular weight excluding hydrogens is 383 g/mol. The first-order valence-corrected chi connectivity index (χ1v) is 7.38. The topological polar surface area (TPSA) is 61.5 Å². The number of methoxy groups -OCH3 is 1. The molecule has 2 aromatic heterocycles. The third-order valence-electron chi connectivity index (χ3n) is 2.87. The van der Waals surface area contributed by atoms with E-state index in [2.05, 4.69) is 37.7 Å². The van der Waals surface area contributed by atoms with Crippen LogP contribution in [0, 0.1) is 10.5 Å². The quantitative estimate of drug-likeness (QED) is 0.635. The predicted molar refractivity (Wildman–Crippen MR) is 85.5 cm³/mol. The fraction of sp³-hybridized carbons (Fsp3) is 0.214. The Morgan fingerprint density at radius 3 is 2.95 bits per heavy atom. The zero-order valence-electron chi connectivity index (χ0n) is 11.6. The van der Waals surface area contributed by atoms with Crippen LogP contribution in [0.2, 0.25) is 0 Å². The monoisotopic (exact) mass is 396 g/mol. The van der Waals surface area contributed by atoms with Gasteiger partial charge in [-0.2, -0.15) is 14.6 Å². The number of aryl methyl sites for hydroxylation is 1. The van der Waals surface area contributed by atoms with Crippen molar-refractivity contribution in [3.63, 3.8) is 0 Å². The summed E-state index contributed by atoms with van der Waals surface area (Å²) >= 11 is 2.24. The van der Waals surface area contributed by atoms with Gasteiger partial charge in [0.1, 0.15) is 12.1 Å². The summed E-state index contributed by atoms with van der Waals surface area (Å²) in [6.45, 7) is 2.42. The van der Waals surface area contributed by atoms with Crippen LogP contribution >= 0.6 is 22.6 Å². The number of halogens is 1. The van der Waals surface area contributed by atoms with Gasteiger partial charge < -0.3 is 9.47 Å². The minimum absolute atomic E-state index is 0.393. The molecule has 0 saturated heterocycles. The summed E-state index contributed by atoms with van der Waals surface area (Å²) in [6.07, 6.45) is 1.45. The Labute approximate surface area is 135 Å². The van der Waals surface area contributed by atoms with E-state index >= 15 is 0 Å². The van der Waals surface area contributed by atoms with E-state index in [4.69, 9.17) is 9.47 Å². The van der Waals surface area contributed by atoms with Crippen LogP contribution in [-0.2, 0) is 11.3 Å². The average molecular weight is 396 g/mol. The van der Waals surface area contributed by atoms with Crippen molar-refractivity contribution in [2.45, 2.75) is 13.5 Å². The number of rotatable bonds is 4. The van der Waals surface area contributed by atoms with Gasteiger partial charge in [0.15, 0.2) is 0 Å². The first-order valence-electron chi connectivity index (χ1n) is 6.30. The van der Waals surface area contributed by atoms with Gasteiger partial charge in [-0.1, -0.05) is 6.07 Å². The van der Waals surface area contributed by atoms with Gasteiger partial charge in [0.2, 0.25) is 5.88 Å². The Morgan fingerprint density at radius 2 is 2.14 bits per heavy atom. The van der Waals surface area contributed by atoms with Gasteiger partial charge >= 0.3 is 0 Å². The van der Waals surface area contributed by atoms with Crippen molar-refractivity contribution in [3.8, 4) is 11.6 Å². The van der Waals surface area contributed by atoms with E-state index in [-0.39, 0.29) is 0 Å². The highest BCUT2D eigenvalue weighted by atomic mass is 127. The molecule has 0 aliphatic carbocycles. The van der Waals surface area contributed by atoms with Crippen LogP contribution in [0.5, 0.6) is 11.6 Å². The van der Waals surface area contributed by atoms with Gasteiger partial charge in [-0.3, -0.25) is 0 Å². The first-order chi connectivity index (χ1) is 10.2. The summed E-state index contributed by atoms with van der Waals surface area (Å²) in [4.78, 5) is 8.46. The summed E-state index contributed by atoms with van der Waals surface area (Å²) in [7, 11) is 1.62. The smallest absolute Gasteiger partial charge is 0.255 e. The SMILES string of the molecule is COCc1cc(Oc2cc(C)ccc2I)n2ncnc2n1. The van der Waals surface area contributed by atoms with Crippen LogP contribution < -0.4 is 4.74 Å². The number of benzene rings is 1. The predicted octanol–water partition coefficient (Wildman–Crippen LogP) is 2.98. The lowest BCUT2D eigenvalue weighted by molar-refractivity contribution is 0.181. The molecule has 0 aliphatic heterocycles. The molecule has 108 valence electrons. The number of hydrogen-bond donors (Lipinski definition) is 0. The minimum Gasteiger partial charge on any atom is -0.438 e. The molecule has 3 aromatic rings. The molecule has 2 heterocycles. The highest BCUT2D eigenvalue weighted by Gasteiger charge is 2.11. The fourth-order valence-corrected chi connectivity index (χ4v) is 2.37. The van der Waals surface area contributed by atoms with Crippen molar-refractivity contribution in [1.29, 1.82) is 0 Å². The maximum absolute atomic E-state index is 6.01. The van der Waals surface area contributed by atoms with E-state index < -0.39 is 0 Å². The molecule has 7 heteroatoms. The fourth-order valence-electron chi connectivity index (χ4n) is 1.93. The van der Waals surface area contributed by atoms with Crippen LogP contribution in [0.25, 0.3) is 5.78 Å². The molecule has 0 radical (unpaired) electrons. The van der Waals surface area contributed by atoms with E-state index in [9.17, 15) is 0 Å². The van der Waals surface area contributed by atoms with Crippen molar-refractivity contribution < 1.29 is 9.47 Å². The van der Waals surface area contributed by atoms with Crippen LogP contribution in [-0.4, -0.2) is 26.7 Å². The van der Waals surface area contributed by atoms with Crippen molar-refractivity contribution in [1.82, 2.24) is 19.6 Å². The largest absolute Gasteiger partial charge is 0.438 e. The highest BCUT2D eigenvalue weighted by Crippen LogP contribution is 2.28. The highest BCUT2D eigenvalue weighted by molar-refractivity contribution is 14.1. The van der Waals surface area contributed by atoms with Crippen molar-refractivity contribution in [3.05, 3.63) is 45.4 Å². The average Bonchev–Trinajstić information content (AvgIpc) is 2.92. The van der Waals surface area contributed by atoms with E-state index in [1.165, 1.54) is 6.33 Å². The second-order valence-electron chi connectivity index (χ2n) is 4.53. The third-order valence-corrected chi connectivity index (χ3v) is 3.76. The Hall–Kier alpha value is -1.74. The molecule has 1 aromatic carbocycles. The molecule has 6 nitrogen and oxygen atoms in total. The van der Waals surface area contributed by atoms with E-state index in [1.807, 2.05) is 31.2 Å². The number of fused-ring (bicyclic) bond motifs is 1. The molecule has 0 spiro atoms. The summed E-state index contributed by atoms with van der Waals surface area (Å²) in [5.74, 6) is 1.83. The lowest BCUT2D eigenvalue weighted by atomic mass is 10.2. The van der Waals surface area contributed by atoms with E-state index in [0.29, 0.717) is 18.3 Å². The van der Waals surface area contributed by atoms with Crippen LogP contribution in [0.15, 0.2) is 30.6 Å². The summed E-state index contributed by atoms with van der Waals surface area (Å²) < 4.78 is 13.7. The Bertz CT molecular complexity index is 788. The summed E-state index contributed by atoms with van der Waals surface area (Å²) in [6, 6.07) is 7.86. The summed E-state index contributed by atoms with van der Waals surface area (Å²) in [5, 5.41) is 4.14. The molecule has 21 heavy (non-hydrogen) atoms. The maximum Gasteiger partial charge on any atom is 0.255 e. The number of hydrogen-bond acceptors (Lipinski definition) is 5. The van der Waals surface area contributed by atoms with Crippen molar-refractivity contribution >= 4 is 28.4 Å². The Morgan fingerprint density at radius 1 is 1.29 bits per heavy atom. The van der Waals surface area contributed by atoms with Gasteiger partial charge in [0, 0.05) is 13.2 Å². The molecule has 3 rings (SSSR count). The normalized spacial score (nSPS) is 11.0. The second-order valence-corrected chi connectivity index (χ2v) is 5.69. The van der Waals surface area contributed by atoms with Crippen LogP contribution in [0.3, 0.4) is 0 Å². The molecule has 0 amide bonds. The van der Waals surface area contributed by atoms with E-state index in [1.54, 1.807) is 11.6 Å². The molecular formula is C14H13IN4O2. The lowest BCUT2D eigenvalue weighted by Crippen LogP contribution is -2.02. The van der Waals surface area contributed by atoms with Crippen LogP contribution in [0.4, 0.5) is 0 Å². The van der Waals surface area contributed by atoms with Gasteiger partial charge in [0.05, 0.1) is 15.9 Å². The molecule has 0 atom stereocenters. The van der Waals surface area contributed by atoms with Gasteiger partial charge in [0.25, 0.3) is 5.78 Å². The minimum atomic E-state index is 0.393. The van der Waals surface area contributed by atoms with Gasteiger partial charge in [-0.25, -0.2) is 4.98 Å². The molecule has 0 fully saturated rings. The molecule has 0 N–H and O–H groups in total. The Kier molecular flexibility index (Phi) is 4.02. The third kappa shape index (κ3) is 2.98. The zero-order chi connectivity index (χ0) is 14.8. The number of ether oxygens (including phenoxy) is 2. The van der Waals surface area contributed by atoms with Gasteiger partial charge in [-0.15, -0.1) is 0 Å². The molecule has 0 bridgehead atoms.